The summed E-state index contributed by atoms with van der Waals surface area (Å²) in [6.07, 6.45) is 3.58. The van der Waals surface area contributed by atoms with Crippen molar-refractivity contribution >= 4 is 5.97 Å². The third-order valence-corrected chi connectivity index (χ3v) is 3.97. The SMILES string of the molecule is CC(C)CCN(CC(C(=O)O)c1ccccc1)C1CC1. The van der Waals surface area contributed by atoms with Gasteiger partial charge < -0.3 is 5.11 Å². The van der Waals surface area contributed by atoms with Crippen LogP contribution in [0.15, 0.2) is 30.3 Å². The van der Waals surface area contributed by atoms with Crippen LogP contribution in [-0.4, -0.2) is 35.1 Å². The molecule has 3 heteroatoms. The first-order chi connectivity index (χ1) is 9.58. The van der Waals surface area contributed by atoms with Crippen LogP contribution >= 0.6 is 0 Å². The Balaban J connectivity index is 2.03. The monoisotopic (exact) mass is 275 g/mol. The number of carbonyl (C=O) groups is 1. The minimum Gasteiger partial charge on any atom is -0.481 e. The molecule has 1 aromatic rings. The standard InChI is InChI=1S/C17H25NO2/c1-13(2)10-11-18(15-8-9-15)12-16(17(19)20)14-6-4-3-5-7-14/h3-7,13,15-16H,8-12H2,1-2H3,(H,19,20). The molecule has 20 heavy (non-hydrogen) atoms. The Hall–Kier alpha value is -1.35. The Kier molecular flexibility index (Phi) is 5.18. The summed E-state index contributed by atoms with van der Waals surface area (Å²) in [6.45, 7) is 6.09. The van der Waals surface area contributed by atoms with Crippen LogP contribution in [0.2, 0.25) is 0 Å². The van der Waals surface area contributed by atoms with Crippen molar-refractivity contribution in [1.29, 1.82) is 0 Å². The number of hydrogen-bond acceptors (Lipinski definition) is 2. The summed E-state index contributed by atoms with van der Waals surface area (Å²) in [5.41, 5.74) is 0.912. The average molecular weight is 275 g/mol. The molecule has 1 aromatic carbocycles. The van der Waals surface area contributed by atoms with Crippen LogP contribution in [0.4, 0.5) is 0 Å². The lowest BCUT2D eigenvalue weighted by molar-refractivity contribution is -0.139. The van der Waals surface area contributed by atoms with Crippen molar-refractivity contribution in [2.75, 3.05) is 13.1 Å². The maximum Gasteiger partial charge on any atom is 0.312 e. The lowest BCUT2D eigenvalue weighted by Crippen LogP contribution is -2.35. The van der Waals surface area contributed by atoms with Crippen molar-refractivity contribution in [1.82, 2.24) is 4.90 Å². The lowest BCUT2D eigenvalue weighted by atomic mass is 9.98. The quantitative estimate of drug-likeness (QED) is 0.791. The summed E-state index contributed by atoms with van der Waals surface area (Å²) in [5, 5.41) is 9.53. The number of carboxylic acid groups (broad SMARTS) is 1. The van der Waals surface area contributed by atoms with Gasteiger partial charge in [0.2, 0.25) is 0 Å². The second-order valence-electron chi connectivity index (χ2n) is 6.21. The van der Waals surface area contributed by atoms with Gasteiger partial charge in [0.1, 0.15) is 0 Å². The minimum absolute atomic E-state index is 0.413. The van der Waals surface area contributed by atoms with Gasteiger partial charge in [0.05, 0.1) is 5.92 Å². The molecule has 1 aliphatic carbocycles. The van der Waals surface area contributed by atoms with Crippen LogP contribution in [0, 0.1) is 5.92 Å². The van der Waals surface area contributed by atoms with E-state index in [-0.39, 0.29) is 0 Å². The molecule has 0 radical (unpaired) electrons. The molecule has 2 rings (SSSR count). The van der Waals surface area contributed by atoms with Crippen molar-refractivity contribution in [3.63, 3.8) is 0 Å². The zero-order valence-electron chi connectivity index (χ0n) is 12.5. The first-order valence-electron chi connectivity index (χ1n) is 7.59. The largest absolute Gasteiger partial charge is 0.481 e. The summed E-state index contributed by atoms with van der Waals surface area (Å²) in [4.78, 5) is 14.0. The fraction of sp³-hybridized carbons (Fsp3) is 0.588. The summed E-state index contributed by atoms with van der Waals surface area (Å²) in [6, 6.07) is 10.2. The molecule has 0 amide bonds. The Bertz CT molecular complexity index is 426. The van der Waals surface area contributed by atoms with Crippen LogP contribution in [-0.2, 0) is 4.79 Å². The van der Waals surface area contributed by atoms with E-state index in [2.05, 4.69) is 18.7 Å². The van der Waals surface area contributed by atoms with Gasteiger partial charge in [-0.1, -0.05) is 44.2 Å². The van der Waals surface area contributed by atoms with Gasteiger partial charge in [-0.3, -0.25) is 9.69 Å². The molecular formula is C17H25NO2. The molecule has 0 spiro atoms. The second kappa shape index (κ2) is 6.89. The minimum atomic E-state index is -0.716. The van der Waals surface area contributed by atoms with Gasteiger partial charge in [-0.25, -0.2) is 0 Å². The number of carboxylic acids is 1. The lowest BCUT2D eigenvalue weighted by Gasteiger charge is -2.26. The van der Waals surface area contributed by atoms with Crippen LogP contribution in [0.1, 0.15) is 44.6 Å². The Labute approximate surface area is 121 Å². The van der Waals surface area contributed by atoms with Crippen LogP contribution in [0.3, 0.4) is 0 Å². The topological polar surface area (TPSA) is 40.5 Å². The molecule has 1 saturated carbocycles. The van der Waals surface area contributed by atoms with Crippen LogP contribution in [0.25, 0.3) is 0 Å². The predicted octanol–water partition coefficient (Wildman–Crippen LogP) is 3.37. The molecule has 110 valence electrons. The van der Waals surface area contributed by atoms with Gasteiger partial charge in [0.15, 0.2) is 0 Å². The Morgan fingerprint density at radius 2 is 1.95 bits per heavy atom. The third kappa shape index (κ3) is 4.34. The van der Waals surface area contributed by atoms with E-state index in [4.69, 9.17) is 0 Å². The maximum absolute atomic E-state index is 11.6. The number of aliphatic carboxylic acids is 1. The predicted molar refractivity (Wildman–Crippen MR) is 80.9 cm³/mol. The van der Waals surface area contributed by atoms with E-state index in [1.807, 2.05) is 30.3 Å². The van der Waals surface area contributed by atoms with E-state index in [1.165, 1.54) is 12.8 Å². The van der Waals surface area contributed by atoms with Gasteiger partial charge >= 0.3 is 5.97 Å². The molecular weight excluding hydrogens is 250 g/mol. The van der Waals surface area contributed by atoms with E-state index in [9.17, 15) is 9.90 Å². The van der Waals surface area contributed by atoms with Crippen molar-refractivity contribution in [2.45, 2.75) is 45.1 Å². The molecule has 3 nitrogen and oxygen atoms in total. The highest BCUT2D eigenvalue weighted by atomic mass is 16.4. The molecule has 1 aliphatic rings. The molecule has 1 fully saturated rings. The molecule has 0 bridgehead atoms. The van der Waals surface area contributed by atoms with E-state index in [0.717, 1.165) is 18.5 Å². The number of nitrogens with zero attached hydrogens (tertiary/aromatic N) is 1. The van der Waals surface area contributed by atoms with Gasteiger partial charge in [-0.2, -0.15) is 0 Å². The van der Waals surface area contributed by atoms with Gasteiger partial charge in [-0.15, -0.1) is 0 Å². The van der Waals surface area contributed by atoms with Crippen molar-refractivity contribution < 1.29 is 9.90 Å². The zero-order chi connectivity index (χ0) is 14.5. The summed E-state index contributed by atoms with van der Waals surface area (Å²) in [7, 11) is 0. The third-order valence-electron chi connectivity index (χ3n) is 3.97. The van der Waals surface area contributed by atoms with Gasteiger partial charge in [0.25, 0.3) is 0 Å². The van der Waals surface area contributed by atoms with Crippen molar-refractivity contribution in [2.24, 2.45) is 5.92 Å². The van der Waals surface area contributed by atoms with Crippen molar-refractivity contribution in [3.8, 4) is 0 Å². The second-order valence-corrected chi connectivity index (χ2v) is 6.21. The highest BCUT2D eigenvalue weighted by molar-refractivity contribution is 5.76. The average Bonchev–Trinajstić information content (AvgIpc) is 3.23. The molecule has 0 aromatic heterocycles. The van der Waals surface area contributed by atoms with Crippen molar-refractivity contribution in [3.05, 3.63) is 35.9 Å². The number of benzene rings is 1. The fourth-order valence-electron chi connectivity index (χ4n) is 2.53. The number of hydrogen-bond donors (Lipinski definition) is 1. The van der Waals surface area contributed by atoms with Gasteiger partial charge in [0, 0.05) is 12.6 Å². The molecule has 0 saturated heterocycles. The first-order valence-corrected chi connectivity index (χ1v) is 7.59. The zero-order valence-corrected chi connectivity index (χ0v) is 12.5. The van der Waals surface area contributed by atoms with E-state index < -0.39 is 11.9 Å². The first kappa shape index (κ1) is 15.0. The maximum atomic E-state index is 11.6. The van der Waals surface area contributed by atoms with Crippen LogP contribution < -0.4 is 0 Å². The Morgan fingerprint density at radius 3 is 2.45 bits per heavy atom. The highest BCUT2D eigenvalue weighted by Crippen LogP contribution is 2.30. The molecule has 1 N–H and O–H groups in total. The van der Waals surface area contributed by atoms with E-state index in [0.29, 0.717) is 18.5 Å². The number of rotatable bonds is 8. The Morgan fingerprint density at radius 1 is 1.30 bits per heavy atom. The summed E-state index contributed by atoms with van der Waals surface area (Å²) < 4.78 is 0. The highest BCUT2D eigenvalue weighted by Gasteiger charge is 2.32. The normalized spacial score (nSPS) is 16.6. The van der Waals surface area contributed by atoms with Crippen LogP contribution in [0.5, 0.6) is 0 Å². The van der Waals surface area contributed by atoms with E-state index in [1.54, 1.807) is 0 Å². The summed E-state index contributed by atoms with van der Waals surface area (Å²) >= 11 is 0. The summed E-state index contributed by atoms with van der Waals surface area (Å²) in [5.74, 6) is -0.466. The molecule has 1 atom stereocenters. The fourth-order valence-corrected chi connectivity index (χ4v) is 2.53. The molecule has 0 heterocycles. The van der Waals surface area contributed by atoms with E-state index >= 15 is 0 Å². The van der Waals surface area contributed by atoms with Gasteiger partial charge in [-0.05, 0) is 37.3 Å². The molecule has 1 unspecified atom stereocenters. The smallest absolute Gasteiger partial charge is 0.312 e. The molecule has 0 aliphatic heterocycles.